The van der Waals surface area contributed by atoms with Crippen LogP contribution in [0.1, 0.15) is 26.3 Å². The number of rotatable bonds is 8. The minimum atomic E-state index is -0.271. The quantitative estimate of drug-likeness (QED) is 0.454. The van der Waals surface area contributed by atoms with Crippen LogP contribution in [0.3, 0.4) is 0 Å². The molecule has 31 heavy (non-hydrogen) atoms. The molecule has 0 saturated heterocycles. The second-order valence-electron chi connectivity index (χ2n) is 6.81. The zero-order valence-electron chi connectivity index (χ0n) is 17.1. The van der Waals surface area contributed by atoms with E-state index >= 15 is 0 Å². The Balaban J connectivity index is 1.53. The third-order valence-corrected chi connectivity index (χ3v) is 4.51. The van der Waals surface area contributed by atoms with Crippen LogP contribution in [0.2, 0.25) is 0 Å². The Hall–Kier alpha value is -4.13. The summed E-state index contributed by atoms with van der Waals surface area (Å²) in [6, 6.07) is 23.3. The molecule has 0 bridgehead atoms. The van der Waals surface area contributed by atoms with Crippen LogP contribution in [0.5, 0.6) is 0 Å². The van der Waals surface area contributed by atoms with Crippen molar-refractivity contribution in [2.45, 2.75) is 6.54 Å². The first-order chi connectivity index (χ1) is 15.0. The van der Waals surface area contributed by atoms with Crippen molar-refractivity contribution >= 4 is 29.1 Å². The topological polar surface area (TPSA) is 99.3 Å². The van der Waals surface area contributed by atoms with Crippen molar-refractivity contribution in [3.63, 3.8) is 0 Å². The van der Waals surface area contributed by atoms with Crippen molar-refractivity contribution in [1.82, 2.24) is 10.6 Å². The van der Waals surface area contributed by atoms with E-state index in [9.17, 15) is 14.4 Å². The van der Waals surface area contributed by atoms with E-state index in [1.807, 2.05) is 30.3 Å². The number of nitrogens with one attached hydrogen (secondary N) is 4. The van der Waals surface area contributed by atoms with Gasteiger partial charge in [-0.15, -0.1) is 0 Å². The maximum Gasteiger partial charge on any atom is 0.251 e. The normalized spacial score (nSPS) is 10.1. The van der Waals surface area contributed by atoms with Gasteiger partial charge in [0.1, 0.15) is 0 Å². The first-order valence-electron chi connectivity index (χ1n) is 9.83. The summed E-state index contributed by atoms with van der Waals surface area (Å²) >= 11 is 0. The van der Waals surface area contributed by atoms with Crippen molar-refractivity contribution in [1.29, 1.82) is 0 Å². The summed E-state index contributed by atoms with van der Waals surface area (Å²) < 4.78 is 0. The second-order valence-corrected chi connectivity index (χ2v) is 6.81. The molecule has 0 aliphatic heterocycles. The van der Waals surface area contributed by atoms with Crippen molar-refractivity contribution in [2.24, 2.45) is 0 Å². The lowest BCUT2D eigenvalue weighted by molar-refractivity contribution is -0.114. The number of hydrogen-bond donors (Lipinski definition) is 4. The van der Waals surface area contributed by atoms with E-state index in [4.69, 9.17) is 0 Å². The third-order valence-electron chi connectivity index (χ3n) is 4.51. The third kappa shape index (κ3) is 6.43. The zero-order chi connectivity index (χ0) is 22.1. The van der Waals surface area contributed by atoms with Crippen molar-refractivity contribution < 1.29 is 14.4 Å². The van der Waals surface area contributed by atoms with Crippen LogP contribution in [0.25, 0.3) is 0 Å². The molecule has 0 atom stereocenters. The number of hydrogen-bond acceptors (Lipinski definition) is 4. The van der Waals surface area contributed by atoms with Gasteiger partial charge < -0.3 is 21.3 Å². The Morgan fingerprint density at radius 2 is 1.39 bits per heavy atom. The molecular weight excluding hydrogens is 392 g/mol. The summed E-state index contributed by atoms with van der Waals surface area (Å²) in [5.41, 5.74) is 3.15. The average Bonchev–Trinajstić information content (AvgIpc) is 2.81. The van der Waals surface area contributed by atoms with E-state index in [0.717, 1.165) is 5.56 Å². The Labute approximate surface area is 180 Å². The fourth-order valence-electron chi connectivity index (χ4n) is 2.92. The lowest BCUT2D eigenvalue weighted by Gasteiger charge is -2.10. The second kappa shape index (κ2) is 10.6. The minimum Gasteiger partial charge on any atom is -0.376 e. The smallest absolute Gasteiger partial charge is 0.251 e. The van der Waals surface area contributed by atoms with Gasteiger partial charge >= 0.3 is 0 Å². The molecular formula is C24H24N4O3. The van der Waals surface area contributed by atoms with E-state index in [2.05, 4.69) is 21.3 Å². The number of carbonyl (C=O) groups excluding carboxylic acids is 3. The van der Waals surface area contributed by atoms with Crippen LogP contribution in [0, 0.1) is 0 Å². The molecule has 0 aliphatic rings. The fourth-order valence-corrected chi connectivity index (χ4v) is 2.92. The molecule has 0 radical (unpaired) electrons. The largest absolute Gasteiger partial charge is 0.376 e. The van der Waals surface area contributed by atoms with E-state index in [1.165, 1.54) is 0 Å². The molecule has 158 valence electrons. The van der Waals surface area contributed by atoms with E-state index < -0.39 is 0 Å². The van der Waals surface area contributed by atoms with Crippen LogP contribution < -0.4 is 21.3 Å². The van der Waals surface area contributed by atoms with Crippen molar-refractivity contribution in [3.8, 4) is 0 Å². The highest BCUT2D eigenvalue weighted by molar-refractivity contribution is 5.98. The van der Waals surface area contributed by atoms with Gasteiger partial charge in [-0.25, -0.2) is 0 Å². The van der Waals surface area contributed by atoms with Gasteiger partial charge in [-0.05, 0) is 42.0 Å². The lowest BCUT2D eigenvalue weighted by Crippen LogP contribution is -2.24. The Morgan fingerprint density at radius 3 is 2.10 bits per heavy atom. The molecule has 3 rings (SSSR count). The Morgan fingerprint density at radius 1 is 0.742 bits per heavy atom. The minimum absolute atomic E-state index is 0.0155. The van der Waals surface area contributed by atoms with Gasteiger partial charge in [0.05, 0.1) is 6.54 Å². The maximum atomic E-state index is 12.4. The highest BCUT2D eigenvalue weighted by Crippen LogP contribution is 2.13. The first kappa shape index (κ1) is 21.6. The van der Waals surface area contributed by atoms with Crippen LogP contribution in [0.15, 0.2) is 78.9 Å². The van der Waals surface area contributed by atoms with Crippen LogP contribution >= 0.6 is 0 Å². The summed E-state index contributed by atoms with van der Waals surface area (Å²) in [5.74, 6) is -0.688. The first-order valence-corrected chi connectivity index (χ1v) is 9.83. The molecule has 7 heteroatoms. The summed E-state index contributed by atoms with van der Waals surface area (Å²) in [4.78, 5) is 36.4. The molecule has 0 saturated carbocycles. The van der Waals surface area contributed by atoms with Gasteiger partial charge in [0.2, 0.25) is 5.91 Å². The molecule has 4 N–H and O–H groups in total. The number of anilines is 2. The zero-order valence-corrected chi connectivity index (χ0v) is 17.1. The molecule has 0 aromatic heterocycles. The monoisotopic (exact) mass is 416 g/mol. The van der Waals surface area contributed by atoms with E-state index in [0.29, 0.717) is 29.0 Å². The SMILES string of the molecule is CNC(=O)c1cccc(NCC(=O)Nc2cccc(C(=O)NCc3ccccc3)c2)c1. The molecule has 7 nitrogen and oxygen atoms in total. The van der Waals surface area contributed by atoms with E-state index in [1.54, 1.807) is 55.6 Å². The number of amides is 3. The molecule has 0 spiro atoms. The van der Waals surface area contributed by atoms with Gasteiger partial charge in [0.15, 0.2) is 0 Å². The lowest BCUT2D eigenvalue weighted by atomic mass is 10.1. The number of benzene rings is 3. The molecule has 3 aromatic rings. The molecule has 0 heterocycles. The fraction of sp³-hybridized carbons (Fsp3) is 0.125. The highest BCUT2D eigenvalue weighted by Gasteiger charge is 2.09. The van der Waals surface area contributed by atoms with Crippen LogP contribution in [0.4, 0.5) is 11.4 Å². The van der Waals surface area contributed by atoms with Gasteiger partial charge in [0, 0.05) is 36.1 Å². The summed E-state index contributed by atoms with van der Waals surface area (Å²) in [7, 11) is 1.56. The summed E-state index contributed by atoms with van der Waals surface area (Å²) in [6.45, 7) is 0.441. The molecule has 3 aromatic carbocycles. The van der Waals surface area contributed by atoms with Crippen molar-refractivity contribution in [2.75, 3.05) is 24.2 Å². The van der Waals surface area contributed by atoms with Gasteiger partial charge in [0.25, 0.3) is 11.8 Å². The number of carbonyl (C=O) groups is 3. The molecule has 0 unspecified atom stereocenters. The van der Waals surface area contributed by atoms with E-state index in [-0.39, 0.29) is 24.3 Å². The maximum absolute atomic E-state index is 12.4. The highest BCUT2D eigenvalue weighted by atomic mass is 16.2. The van der Waals surface area contributed by atoms with Crippen LogP contribution in [-0.4, -0.2) is 31.3 Å². The predicted octanol–water partition coefficient (Wildman–Crippen LogP) is 3.03. The molecule has 0 aliphatic carbocycles. The molecule has 0 fully saturated rings. The van der Waals surface area contributed by atoms with Crippen molar-refractivity contribution in [3.05, 3.63) is 95.6 Å². The van der Waals surface area contributed by atoms with Gasteiger partial charge in [-0.1, -0.05) is 42.5 Å². The standard InChI is InChI=1S/C24H24N4O3/c1-25-23(30)18-9-5-11-20(13-18)26-16-22(29)28-21-12-6-10-19(14-21)24(31)27-15-17-7-3-2-4-8-17/h2-14,26H,15-16H2,1H3,(H,25,30)(H,27,31)(H,28,29). The van der Waals surface area contributed by atoms with Gasteiger partial charge in [-0.3, -0.25) is 14.4 Å². The predicted molar refractivity (Wildman–Crippen MR) is 121 cm³/mol. The van der Waals surface area contributed by atoms with Crippen LogP contribution in [-0.2, 0) is 11.3 Å². The Bertz CT molecular complexity index is 1070. The average molecular weight is 416 g/mol. The molecule has 3 amide bonds. The summed E-state index contributed by atoms with van der Waals surface area (Å²) in [5, 5.41) is 11.2. The van der Waals surface area contributed by atoms with Gasteiger partial charge in [-0.2, -0.15) is 0 Å². The Kier molecular flexibility index (Phi) is 7.37. The summed E-state index contributed by atoms with van der Waals surface area (Å²) in [6.07, 6.45) is 0.